The lowest BCUT2D eigenvalue weighted by atomic mass is 10.2. The van der Waals surface area contributed by atoms with Gasteiger partial charge in [0.2, 0.25) is 0 Å². The molecular weight excluding hydrogens is 308 g/mol. The van der Waals surface area contributed by atoms with Crippen molar-refractivity contribution in [1.29, 1.82) is 0 Å². The summed E-state index contributed by atoms with van der Waals surface area (Å²) in [6.07, 6.45) is 4.87. The number of aromatic nitrogens is 4. The summed E-state index contributed by atoms with van der Waals surface area (Å²) in [7, 11) is 1.86. The fraction of sp³-hybridized carbons (Fsp3) is 0.375. The molecule has 1 aliphatic rings. The van der Waals surface area contributed by atoms with E-state index in [1.807, 2.05) is 18.9 Å². The Kier molecular flexibility index (Phi) is 3.44. The molecular formula is C16H18N6O2. The Balaban J connectivity index is 1.50. The van der Waals surface area contributed by atoms with Gasteiger partial charge in [-0.3, -0.25) is 9.48 Å². The van der Waals surface area contributed by atoms with Crippen LogP contribution in [0.4, 0.5) is 5.82 Å². The van der Waals surface area contributed by atoms with Crippen molar-refractivity contribution in [2.24, 2.45) is 7.05 Å². The Bertz CT molecular complexity index is 891. The Hall–Kier alpha value is -2.90. The van der Waals surface area contributed by atoms with E-state index in [1.165, 1.54) is 6.26 Å². The Morgan fingerprint density at radius 3 is 2.71 bits per heavy atom. The van der Waals surface area contributed by atoms with Gasteiger partial charge in [0.1, 0.15) is 24.2 Å². The first-order valence-corrected chi connectivity index (χ1v) is 7.85. The van der Waals surface area contributed by atoms with Gasteiger partial charge >= 0.3 is 0 Å². The number of nitrogens with zero attached hydrogens (tertiary/aromatic N) is 6. The van der Waals surface area contributed by atoms with Crippen LogP contribution in [0.25, 0.3) is 11.0 Å². The molecule has 1 amide bonds. The highest BCUT2D eigenvalue weighted by Gasteiger charge is 2.25. The lowest BCUT2D eigenvalue weighted by molar-refractivity contribution is 0.0746. The fourth-order valence-corrected chi connectivity index (χ4v) is 3.06. The molecule has 0 atom stereocenters. The molecule has 1 fully saturated rings. The van der Waals surface area contributed by atoms with Crippen LogP contribution >= 0.6 is 0 Å². The largest absolute Gasteiger partial charge is 0.469 e. The molecule has 4 heterocycles. The third-order valence-corrected chi connectivity index (χ3v) is 4.35. The van der Waals surface area contributed by atoms with E-state index in [2.05, 4.69) is 20.0 Å². The molecule has 0 aromatic carbocycles. The topological polar surface area (TPSA) is 80.3 Å². The van der Waals surface area contributed by atoms with E-state index in [9.17, 15) is 4.79 Å². The van der Waals surface area contributed by atoms with Gasteiger partial charge in [-0.25, -0.2) is 9.97 Å². The molecule has 0 bridgehead atoms. The van der Waals surface area contributed by atoms with Crippen molar-refractivity contribution in [3.8, 4) is 0 Å². The number of hydrogen-bond donors (Lipinski definition) is 0. The summed E-state index contributed by atoms with van der Waals surface area (Å²) in [5.41, 5.74) is 1.42. The smallest absolute Gasteiger partial charge is 0.257 e. The SMILES string of the molecule is Cc1cc(C(=O)N2CCN(c3ncnc4c3cnn4C)CC2)co1. The van der Waals surface area contributed by atoms with Gasteiger partial charge in [-0.2, -0.15) is 5.10 Å². The predicted molar refractivity (Wildman–Crippen MR) is 87.9 cm³/mol. The maximum atomic E-state index is 12.5. The van der Waals surface area contributed by atoms with E-state index < -0.39 is 0 Å². The standard InChI is InChI=1S/C16H18N6O2/c1-11-7-12(9-24-11)16(23)22-5-3-21(4-6-22)15-13-8-19-20(2)14(13)17-10-18-15/h7-10H,3-6H2,1-2H3. The van der Waals surface area contributed by atoms with Crippen LogP contribution in [0.5, 0.6) is 0 Å². The van der Waals surface area contributed by atoms with Crippen molar-refractivity contribution in [2.45, 2.75) is 6.92 Å². The van der Waals surface area contributed by atoms with Crippen LogP contribution in [-0.2, 0) is 7.05 Å². The molecule has 3 aromatic rings. The Morgan fingerprint density at radius 2 is 2.00 bits per heavy atom. The molecule has 8 heteroatoms. The van der Waals surface area contributed by atoms with Crippen molar-refractivity contribution < 1.29 is 9.21 Å². The summed E-state index contributed by atoms with van der Waals surface area (Å²) in [4.78, 5) is 25.2. The predicted octanol–water partition coefficient (Wildman–Crippen LogP) is 1.23. The van der Waals surface area contributed by atoms with E-state index in [1.54, 1.807) is 23.3 Å². The zero-order valence-electron chi connectivity index (χ0n) is 13.6. The number of hydrogen-bond acceptors (Lipinski definition) is 6. The summed E-state index contributed by atoms with van der Waals surface area (Å²) in [5.74, 6) is 1.64. The number of carbonyl (C=O) groups is 1. The van der Waals surface area contributed by atoms with Gasteiger partial charge in [0.05, 0.1) is 17.1 Å². The van der Waals surface area contributed by atoms with Crippen molar-refractivity contribution >= 4 is 22.8 Å². The second-order valence-corrected chi connectivity index (χ2v) is 5.93. The van der Waals surface area contributed by atoms with Gasteiger partial charge in [0.15, 0.2) is 5.65 Å². The number of furan rings is 1. The summed E-state index contributed by atoms with van der Waals surface area (Å²) in [6, 6.07) is 1.78. The van der Waals surface area contributed by atoms with Crippen LogP contribution in [0.3, 0.4) is 0 Å². The third kappa shape index (κ3) is 2.40. The lowest BCUT2D eigenvalue weighted by Gasteiger charge is -2.35. The zero-order chi connectivity index (χ0) is 16.7. The maximum Gasteiger partial charge on any atom is 0.257 e. The second kappa shape index (κ2) is 5.63. The summed E-state index contributed by atoms with van der Waals surface area (Å²) >= 11 is 0. The quantitative estimate of drug-likeness (QED) is 0.704. The molecule has 0 spiro atoms. The molecule has 1 aliphatic heterocycles. The summed E-state index contributed by atoms with van der Waals surface area (Å²) in [6.45, 7) is 4.58. The highest BCUT2D eigenvalue weighted by molar-refractivity contribution is 5.94. The Labute approximate surface area is 138 Å². The van der Waals surface area contributed by atoms with Crippen LogP contribution in [0.15, 0.2) is 29.3 Å². The van der Waals surface area contributed by atoms with Crippen LogP contribution in [0.1, 0.15) is 16.1 Å². The number of fused-ring (bicyclic) bond motifs is 1. The summed E-state index contributed by atoms with van der Waals surface area (Å²) < 4.78 is 6.97. The number of rotatable bonds is 2. The maximum absolute atomic E-state index is 12.5. The average molecular weight is 326 g/mol. The minimum Gasteiger partial charge on any atom is -0.469 e. The van der Waals surface area contributed by atoms with Crippen LogP contribution < -0.4 is 4.90 Å². The molecule has 0 radical (unpaired) electrons. The van der Waals surface area contributed by atoms with Crippen LogP contribution in [0.2, 0.25) is 0 Å². The van der Waals surface area contributed by atoms with E-state index in [0.29, 0.717) is 18.7 Å². The minimum absolute atomic E-state index is 0.0145. The molecule has 4 rings (SSSR count). The van der Waals surface area contributed by atoms with Gasteiger partial charge < -0.3 is 14.2 Å². The van der Waals surface area contributed by atoms with Crippen molar-refractivity contribution in [3.05, 3.63) is 36.2 Å². The molecule has 124 valence electrons. The van der Waals surface area contributed by atoms with Gasteiger partial charge in [0.25, 0.3) is 5.91 Å². The molecule has 0 saturated carbocycles. The van der Waals surface area contributed by atoms with Gasteiger partial charge in [-0.05, 0) is 13.0 Å². The number of piperazine rings is 1. The molecule has 1 saturated heterocycles. The van der Waals surface area contributed by atoms with Gasteiger partial charge in [0, 0.05) is 33.2 Å². The van der Waals surface area contributed by atoms with E-state index in [-0.39, 0.29) is 5.91 Å². The zero-order valence-corrected chi connectivity index (χ0v) is 13.6. The van der Waals surface area contributed by atoms with Gasteiger partial charge in [-0.15, -0.1) is 0 Å². The molecule has 8 nitrogen and oxygen atoms in total. The van der Waals surface area contributed by atoms with Crippen molar-refractivity contribution in [2.75, 3.05) is 31.1 Å². The monoisotopic (exact) mass is 326 g/mol. The number of amides is 1. The third-order valence-electron chi connectivity index (χ3n) is 4.35. The molecule has 0 unspecified atom stereocenters. The molecule has 0 aliphatic carbocycles. The van der Waals surface area contributed by atoms with E-state index >= 15 is 0 Å². The van der Waals surface area contributed by atoms with Crippen molar-refractivity contribution in [1.82, 2.24) is 24.6 Å². The van der Waals surface area contributed by atoms with E-state index in [4.69, 9.17) is 4.42 Å². The fourth-order valence-electron chi connectivity index (χ4n) is 3.06. The van der Waals surface area contributed by atoms with Crippen molar-refractivity contribution in [3.63, 3.8) is 0 Å². The van der Waals surface area contributed by atoms with Crippen LogP contribution in [-0.4, -0.2) is 56.7 Å². The number of anilines is 1. The first-order chi connectivity index (χ1) is 11.6. The first kappa shape index (κ1) is 14.7. The average Bonchev–Trinajstić information content (AvgIpc) is 3.21. The van der Waals surface area contributed by atoms with E-state index in [0.717, 1.165) is 35.7 Å². The number of aryl methyl sites for hydroxylation is 2. The highest BCUT2D eigenvalue weighted by Crippen LogP contribution is 2.23. The minimum atomic E-state index is 0.0145. The van der Waals surface area contributed by atoms with Gasteiger partial charge in [-0.1, -0.05) is 0 Å². The summed E-state index contributed by atoms with van der Waals surface area (Å²) in [5, 5.41) is 5.18. The Morgan fingerprint density at radius 1 is 1.21 bits per heavy atom. The number of carbonyl (C=O) groups excluding carboxylic acids is 1. The van der Waals surface area contributed by atoms with Crippen LogP contribution in [0, 0.1) is 6.92 Å². The lowest BCUT2D eigenvalue weighted by Crippen LogP contribution is -2.49. The molecule has 24 heavy (non-hydrogen) atoms. The first-order valence-electron chi connectivity index (χ1n) is 7.85. The molecule has 3 aromatic heterocycles. The second-order valence-electron chi connectivity index (χ2n) is 5.93. The normalized spacial score (nSPS) is 15.2. The molecule has 0 N–H and O–H groups in total. The highest BCUT2D eigenvalue weighted by atomic mass is 16.3.